The van der Waals surface area contributed by atoms with Crippen molar-refractivity contribution >= 4 is 10.0 Å². The van der Waals surface area contributed by atoms with Crippen molar-refractivity contribution in [3.63, 3.8) is 0 Å². The molecular formula is C11H20N4O2S. The van der Waals surface area contributed by atoms with Gasteiger partial charge in [0.15, 0.2) is 0 Å². The van der Waals surface area contributed by atoms with E-state index in [1.165, 1.54) is 4.31 Å². The smallest absolute Gasteiger partial charge is 0.246 e. The van der Waals surface area contributed by atoms with Crippen LogP contribution in [0.3, 0.4) is 0 Å². The maximum atomic E-state index is 12.6. The molecule has 6 nitrogen and oxygen atoms in total. The molecule has 1 heterocycles. The molecule has 0 aromatic carbocycles. The van der Waals surface area contributed by atoms with Crippen LogP contribution in [0.1, 0.15) is 24.2 Å². The zero-order chi connectivity index (χ0) is 13.5. The van der Waals surface area contributed by atoms with Crippen LogP contribution < -0.4 is 5.73 Å². The fraction of sp³-hybridized carbons (Fsp3) is 0.727. The number of nitrogens with two attached hydrogens (primary N) is 1. The second-order valence-electron chi connectivity index (χ2n) is 4.92. The molecule has 1 aliphatic carbocycles. The summed E-state index contributed by atoms with van der Waals surface area (Å²) in [6.45, 7) is 3.77. The molecule has 18 heavy (non-hydrogen) atoms. The van der Waals surface area contributed by atoms with Gasteiger partial charge in [0.05, 0.1) is 11.4 Å². The lowest BCUT2D eigenvalue weighted by atomic mass is 10.2. The minimum atomic E-state index is -3.51. The highest BCUT2D eigenvalue weighted by molar-refractivity contribution is 7.89. The summed E-state index contributed by atoms with van der Waals surface area (Å²) >= 11 is 0. The first-order valence-electron chi connectivity index (χ1n) is 6.09. The van der Waals surface area contributed by atoms with Crippen molar-refractivity contribution in [1.29, 1.82) is 0 Å². The Balaban J connectivity index is 2.36. The largest absolute Gasteiger partial charge is 0.329 e. The van der Waals surface area contributed by atoms with Crippen LogP contribution in [0.15, 0.2) is 4.90 Å². The van der Waals surface area contributed by atoms with Crippen molar-refractivity contribution in [1.82, 2.24) is 14.5 Å². The monoisotopic (exact) mass is 272 g/mol. The summed E-state index contributed by atoms with van der Waals surface area (Å²) in [5.41, 5.74) is 6.79. The molecule has 1 fully saturated rings. The molecule has 1 atom stereocenters. The fourth-order valence-corrected chi connectivity index (χ4v) is 4.12. The van der Waals surface area contributed by atoms with Crippen LogP contribution in [-0.2, 0) is 10.0 Å². The Morgan fingerprint density at radius 2 is 2.11 bits per heavy atom. The van der Waals surface area contributed by atoms with Gasteiger partial charge in [-0.05, 0) is 32.6 Å². The molecule has 102 valence electrons. The second kappa shape index (κ2) is 4.64. The highest BCUT2D eigenvalue weighted by Gasteiger charge is 2.39. The Kier molecular flexibility index (Phi) is 3.48. The highest BCUT2D eigenvalue weighted by atomic mass is 32.2. The van der Waals surface area contributed by atoms with Gasteiger partial charge in [0.2, 0.25) is 10.0 Å². The zero-order valence-electron chi connectivity index (χ0n) is 11.0. The van der Waals surface area contributed by atoms with E-state index in [1.54, 1.807) is 20.9 Å². The summed E-state index contributed by atoms with van der Waals surface area (Å²) in [5.74, 6) is 0.405. The van der Waals surface area contributed by atoms with E-state index in [1.807, 2.05) is 0 Å². The van der Waals surface area contributed by atoms with E-state index >= 15 is 0 Å². The lowest BCUT2D eigenvalue weighted by molar-refractivity contribution is 0.340. The summed E-state index contributed by atoms with van der Waals surface area (Å²) in [7, 11) is -1.91. The van der Waals surface area contributed by atoms with Crippen LogP contribution in [-0.4, -0.2) is 42.6 Å². The van der Waals surface area contributed by atoms with E-state index in [2.05, 4.69) is 10.2 Å². The number of nitrogens with zero attached hydrogens (tertiary/aromatic N) is 2. The Bertz CT molecular complexity index is 514. The molecule has 2 rings (SSSR count). The maximum absolute atomic E-state index is 12.6. The van der Waals surface area contributed by atoms with E-state index in [0.29, 0.717) is 23.9 Å². The first-order chi connectivity index (χ1) is 8.39. The normalized spacial score (nSPS) is 18.3. The number of nitrogens with one attached hydrogen (secondary N) is 1. The number of aromatic nitrogens is 2. The first-order valence-corrected chi connectivity index (χ1v) is 7.53. The highest BCUT2D eigenvalue weighted by Crippen LogP contribution is 2.36. The van der Waals surface area contributed by atoms with Crippen LogP contribution in [0, 0.1) is 19.8 Å². The van der Waals surface area contributed by atoms with Crippen LogP contribution in [0.5, 0.6) is 0 Å². The molecule has 0 amide bonds. The van der Waals surface area contributed by atoms with Crippen molar-refractivity contribution in [3.05, 3.63) is 11.4 Å². The number of rotatable bonds is 5. The molecule has 3 N–H and O–H groups in total. The van der Waals surface area contributed by atoms with Gasteiger partial charge in [-0.15, -0.1) is 0 Å². The van der Waals surface area contributed by atoms with Gasteiger partial charge in [-0.3, -0.25) is 5.10 Å². The number of likely N-dealkylation sites (N-methyl/N-ethyl adjacent to an activating group) is 1. The molecule has 0 bridgehead atoms. The van der Waals surface area contributed by atoms with Crippen molar-refractivity contribution < 1.29 is 8.42 Å². The Morgan fingerprint density at radius 1 is 1.50 bits per heavy atom. The molecule has 1 unspecified atom stereocenters. The Morgan fingerprint density at radius 3 is 2.50 bits per heavy atom. The summed E-state index contributed by atoms with van der Waals surface area (Å²) in [6, 6.07) is -0.108. The van der Waals surface area contributed by atoms with Gasteiger partial charge < -0.3 is 5.73 Å². The van der Waals surface area contributed by atoms with E-state index in [0.717, 1.165) is 12.8 Å². The van der Waals surface area contributed by atoms with Gasteiger partial charge in [0.1, 0.15) is 4.90 Å². The van der Waals surface area contributed by atoms with E-state index in [4.69, 9.17) is 5.73 Å². The Hall–Kier alpha value is -0.920. The second-order valence-corrected chi connectivity index (χ2v) is 6.86. The molecule has 1 saturated carbocycles. The summed E-state index contributed by atoms with van der Waals surface area (Å²) in [4.78, 5) is 0.282. The van der Waals surface area contributed by atoms with Crippen molar-refractivity contribution in [2.45, 2.75) is 37.6 Å². The molecule has 0 saturated heterocycles. The molecule has 0 radical (unpaired) electrons. The van der Waals surface area contributed by atoms with E-state index < -0.39 is 10.0 Å². The maximum Gasteiger partial charge on any atom is 0.246 e. The van der Waals surface area contributed by atoms with Crippen LogP contribution in [0.25, 0.3) is 0 Å². The number of aryl methyl sites for hydroxylation is 2. The third kappa shape index (κ3) is 2.17. The lowest BCUT2D eigenvalue weighted by Gasteiger charge is -2.26. The van der Waals surface area contributed by atoms with Crippen LogP contribution in [0.2, 0.25) is 0 Å². The lowest BCUT2D eigenvalue weighted by Crippen LogP contribution is -2.43. The predicted molar refractivity (Wildman–Crippen MR) is 68.6 cm³/mol. The van der Waals surface area contributed by atoms with Gasteiger partial charge in [0, 0.05) is 19.6 Å². The molecule has 0 spiro atoms. The van der Waals surface area contributed by atoms with Crippen molar-refractivity contribution in [2.24, 2.45) is 11.7 Å². The number of sulfonamides is 1. The summed E-state index contributed by atoms with van der Waals surface area (Å²) in [6.07, 6.45) is 2.12. The Labute approximate surface area is 108 Å². The third-order valence-electron chi connectivity index (χ3n) is 3.57. The van der Waals surface area contributed by atoms with Crippen LogP contribution >= 0.6 is 0 Å². The first kappa shape index (κ1) is 13.5. The minimum absolute atomic E-state index is 0.108. The number of hydrogen-bond acceptors (Lipinski definition) is 4. The van der Waals surface area contributed by atoms with E-state index in [-0.39, 0.29) is 10.9 Å². The molecular weight excluding hydrogens is 252 g/mol. The van der Waals surface area contributed by atoms with Crippen molar-refractivity contribution in [2.75, 3.05) is 13.6 Å². The van der Waals surface area contributed by atoms with Crippen LogP contribution in [0.4, 0.5) is 0 Å². The molecule has 1 aromatic heterocycles. The van der Waals surface area contributed by atoms with Gasteiger partial charge in [-0.25, -0.2) is 8.42 Å². The zero-order valence-corrected chi connectivity index (χ0v) is 11.8. The average Bonchev–Trinajstić information content (AvgIpc) is 3.06. The summed E-state index contributed by atoms with van der Waals surface area (Å²) < 4.78 is 26.6. The number of hydrogen-bond donors (Lipinski definition) is 2. The number of H-pyrrole nitrogens is 1. The average molecular weight is 272 g/mol. The van der Waals surface area contributed by atoms with Gasteiger partial charge in [-0.2, -0.15) is 9.40 Å². The van der Waals surface area contributed by atoms with E-state index in [9.17, 15) is 8.42 Å². The third-order valence-corrected chi connectivity index (χ3v) is 5.72. The molecule has 1 aliphatic rings. The summed E-state index contributed by atoms with van der Waals surface area (Å²) in [5, 5.41) is 6.66. The predicted octanol–water partition coefficient (Wildman–Crippen LogP) is 0.384. The minimum Gasteiger partial charge on any atom is -0.329 e. The van der Waals surface area contributed by atoms with Gasteiger partial charge in [-0.1, -0.05) is 0 Å². The van der Waals surface area contributed by atoms with Gasteiger partial charge >= 0.3 is 0 Å². The SMILES string of the molecule is Cc1n[nH]c(C)c1S(=O)(=O)N(C)C(CN)C1CC1. The number of aromatic amines is 1. The molecule has 1 aromatic rings. The standard InChI is InChI=1S/C11H20N4O2S/c1-7-11(8(2)14-13-7)18(16,17)15(3)10(6-12)9-4-5-9/h9-10H,4-6,12H2,1-3H3,(H,13,14). The molecule has 7 heteroatoms. The quantitative estimate of drug-likeness (QED) is 0.810. The topological polar surface area (TPSA) is 92.1 Å². The van der Waals surface area contributed by atoms with Crippen molar-refractivity contribution in [3.8, 4) is 0 Å². The molecule has 0 aliphatic heterocycles. The van der Waals surface area contributed by atoms with Gasteiger partial charge in [0.25, 0.3) is 0 Å². The fourth-order valence-electron chi connectivity index (χ4n) is 2.36.